The van der Waals surface area contributed by atoms with Gasteiger partial charge in [-0.2, -0.15) is 4.99 Å². The molecule has 2 heterocycles. The van der Waals surface area contributed by atoms with Gasteiger partial charge in [-0.1, -0.05) is 61.5 Å². The molecule has 1 saturated heterocycles. The zero-order valence-corrected chi connectivity index (χ0v) is 24.9. The van der Waals surface area contributed by atoms with Gasteiger partial charge < -0.3 is 10.1 Å². The number of urea groups is 1. The summed E-state index contributed by atoms with van der Waals surface area (Å²) >= 11 is 1.11. The second kappa shape index (κ2) is 12.9. The molecule has 1 aliphatic heterocycles. The number of hydrogen-bond acceptors (Lipinski definition) is 6. The summed E-state index contributed by atoms with van der Waals surface area (Å²) in [5.41, 5.74) is 5.03. The minimum Gasteiger partial charge on any atom is -0.406 e. The molecular weight excluding hydrogens is 593 g/mol. The molecule has 13 heteroatoms. The number of benzene rings is 3. The summed E-state index contributed by atoms with van der Waals surface area (Å²) in [6.07, 6.45) is -2.78. The number of aromatic nitrogens is 3. The second-order valence-electron chi connectivity index (χ2n) is 10.4. The SMILES string of the molecule is Cc1ccc(N2C(=O)SC/C2=N\C(=O)NCCc2cccc(-c3ncn(-c4ccc(OC(F)(F)F)cc4)n3)c2)c(C(C)C)c1. The Hall–Kier alpha value is -4.65. The first kappa shape index (κ1) is 30.8. The van der Waals surface area contributed by atoms with Gasteiger partial charge in [0, 0.05) is 12.1 Å². The molecule has 0 atom stereocenters. The third-order valence-corrected chi connectivity index (χ3v) is 7.58. The van der Waals surface area contributed by atoms with Crippen LogP contribution in [-0.2, 0) is 6.42 Å². The zero-order chi connectivity index (χ0) is 31.4. The van der Waals surface area contributed by atoms with E-state index in [1.54, 1.807) is 0 Å². The number of thioether (sulfide) groups is 1. The van der Waals surface area contributed by atoms with E-state index in [0.29, 0.717) is 36.1 Å². The first-order chi connectivity index (χ1) is 21.0. The minimum atomic E-state index is -4.76. The number of aliphatic imine (C=N–C) groups is 1. The Morgan fingerprint density at radius 3 is 2.61 bits per heavy atom. The average molecular weight is 623 g/mol. The zero-order valence-electron chi connectivity index (χ0n) is 24.1. The highest BCUT2D eigenvalue weighted by Crippen LogP contribution is 2.34. The molecule has 1 aliphatic rings. The number of nitrogens with one attached hydrogen (secondary N) is 1. The van der Waals surface area contributed by atoms with Gasteiger partial charge in [-0.05, 0) is 66.8 Å². The highest BCUT2D eigenvalue weighted by atomic mass is 32.2. The van der Waals surface area contributed by atoms with Crippen molar-refractivity contribution in [2.24, 2.45) is 4.99 Å². The Kier molecular flexibility index (Phi) is 9.04. The number of ether oxygens (including phenoxy) is 1. The van der Waals surface area contributed by atoms with Gasteiger partial charge in [0.25, 0.3) is 5.24 Å². The molecule has 4 aromatic rings. The Morgan fingerprint density at radius 2 is 1.89 bits per heavy atom. The van der Waals surface area contributed by atoms with Gasteiger partial charge in [0.15, 0.2) is 5.82 Å². The number of alkyl halides is 3. The summed E-state index contributed by atoms with van der Waals surface area (Å²) in [6, 6.07) is 18.2. The maximum Gasteiger partial charge on any atom is 0.573 e. The van der Waals surface area contributed by atoms with E-state index in [1.807, 2.05) is 43.3 Å². The van der Waals surface area contributed by atoms with Crippen LogP contribution in [0.4, 0.5) is 28.4 Å². The smallest absolute Gasteiger partial charge is 0.406 e. The van der Waals surface area contributed by atoms with E-state index in [1.165, 1.54) is 40.2 Å². The number of amidine groups is 1. The lowest BCUT2D eigenvalue weighted by molar-refractivity contribution is -0.274. The lowest BCUT2D eigenvalue weighted by atomic mass is 9.98. The first-order valence-electron chi connectivity index (χ1n) is 13.8. The van der Waals surface area contributed by atoms with Gasteiger partial charge in [0.05, 0.1) is 17.1 Å². The molecule has 0 spiro atoms. The highest BCUT2D eigenvalue weighted by molar-refractivity contribution is 8.15. The van der Waals surface area contributed by atoms with E-state index >= 15 is 0 Å². The summed E-state index contributed by atoms with van der Waals surface area (Å²) in [5.74, 6) is 0.997. The number of hydrogen-bond donors (Lipinski definition) is 1. The number of nitrogens with zero attached hydrogens (tertiary/aromatic N) is 5. The first-order valence-corrected chi connectivity index (χ1v) is 14.8. The van der Waals surface area contributed by atoms with Crippen LogP contribution in [0.25, 0.3) is 17.1 Å². The van der Waals surface area contributed by atoms with Crippen molar-refractivity contribution in [3.8, 4) is 22.8 Å². The summed E-state index contributed by atoms with van der Waals surface area (Å²) in [5, 5.41) is 7.08. The van der Waals surface area contributed by atoms with Crippen molar-refractivity contribution in [3.05, 3.63) is 89.7 Å². The van der Waals surface area contributed by atoms with E-state index in [-0.39, 0.29) is 16.9 Å². The van der Waals surface area contributed by atoms with Gasteiger partial charge in [-0.15, -0.1) is 18.3 Å². The molecule has 1 aromatic heterocycles. The number of aryl methyl sites for hydroxylation is 1. The van der Waals surface area contributed by atoms with Crippen molar-refractivity contribution in [1.82, 2.24) is 20.1 Å². The molecule has 1 N–H and O–H groups in total. The minimum absolute atomic E-state index is 0.164. The fourth-order valence-corrected chi connectivity index (χ4v) is 5.46. The molecule has 228 valence electrons. The molecule has 3 aromatic carbocycles. The number of amides is 3. The number of halogens is 3. The van der Waals surface area contributed by atoms with E-state index < -0.39 is 12.4 Å². The van der Waals surface area contributed by atoms with Crippen molar-refractivity contribution in [2.45, 2.75) is 39.5 Å². The lowest BCUT2D eigenvalue weighted by Crippen LogP contribution is -2.32. The van der Waals surface area contributed by atoms with Gasteiger partial charge >= 0.3 is 12.4 Å². The number of rotatable bonds is 8. The fourth-order valence-electron chi connectivity index (χ4n) is 4.68. The van der Waals surface area contributed by atoms with E-state index in [4.69, 9.17) is 0 Å². The van der Waals surface area contributed by atoms with Gasteiger partial charge in [-0.25, -0.2) is 14.5 Å². The van der Waals surface area contributed by atoms with Crippen LogP contribution in [0.15, 0.2) is 78.0 Å². The summed E-state index contributed by atoms with van der Waals surface area (Å²) in [7, 11) is 0. The maximum atomic E-state index is 12.7. The van der Waals surface area contributed by atoms with Crippen LogP contribution in [-0.4, -0.2) is 50.5 Å². The van der Waals surface area contributed by atoms with Gasteiger partial charge in [0.1, 0.15) is 17.9 Å². The van der Waals surface area contributed by atoms with Gasteiger partial charge in [0.2, 0.25) is 0 Å². The molecule has 9 nitrogen and oxygen atoms in total. The maximum absolute atomic E-state index is 12.7. The van der Waals surface area contributed by atoms with E-state index in [9.17, 15) is 22.8 Å². The quantitative estimate of drug-likeness (QED) is 0.222. The van der Waals surface area contributed by atoms with Gasteiger partial charge in [-0.3, -0.25) is 9.69 Å². The highest BCUT2D eigenvalue weighted by Gasteiger charge is 2.32. The van der Waals surface area contributed by atoms with Crippen LogP contribution in [0.3, 0.4) is 0 Å². The average Bonchev–Trinajstić information content (AvgIpc) is 3.60. The normalized spacial score (nSPS) is 14.5. The number of anilines is 1. The molecule has 0 saturated carbocycles. The molecule has 0 unspecified atom stereocenters. The van der Waals surface area contributed by atoms with Crippen LogP contribution in [0.5, 0.6) is 5.75 Å². The number of carbonyl (C=O) groups excluding carboxylic acids is 2. The molecule has 0 radical (unpaired) electrons. The lowest BCUT2D eigenvalue weighted by Gasteiger charge is -2.22. The summed E-state index contributed by atoms with van der Waals surface area (Å²) in [6.45, 7) is 6.44. The molecule has 0 aliphatic carbocycles. The van der Waals surface area contributed by atoms with Crippen LogP contribution >= 0.6 is 11.8 Å². The summed E-state index contributed by atoms with van der Waals surface area (Å²) in [4.78, 5) is 35.5. The Labute approximate surface area is 256 Å². The van der Waals surface area contributed by atoms with Crippen molar-refractivity contribution in [2.75, 3.05) is 17.2 Å². The van der Waals surface area contributed by atoms with E-state index in [2.05, 4.69) is 45.0 Å². The molecule has 0 bridgehead atoms. The number of carbonyl (C=O) groups is 2. The standard InChI is InChI=1S/C31H29F3N6O3S/c1-19(2)25-15-20(3)7-12-26(25)40-27(17-44-30(40)42)37-29(41)35-14-13-21-5-4-6-22(16-21)28-36-18-39(38-28)23-8-10-24(11-9-23)43-31(32,33)34/h4-12,15-16,18-19H,13-14,17H2,1-3H3,(H,35,41)/b37-27+. The van der Waals surface area contributed by atoms with Crippen LogP contribution in [0.1, 0.15) is 36.5 Å². The van der Waals surface area contributed by atoms with Crippen molar-refractivity contribution < 1.29 is 27.5 Å². The molecular formula is C31H29F3N6O3S. The largest absolute Gasteiger partial charge is 0.573 e. The van der Waals surface area contributed by atoms with Crippen molar-refractivity contribution in [1.29, 1.82) is 0 Å². The molecule has 5 rings (SSSR count). The van der Waals surface area contributed by atoms with Crippen LogP contribution in [0, 0.1) is 6.92 Å². The Morgan fingerprint density at radius 1 is 1.11 bits per heavy atom. The topological polar surface area (TPSA) is 102 Å². The fraction of sp³-hybridized carbons (Fsp3) is 0.258. The molecule has 1 fully saturated rings. The predicted molar refractivity (Wildman–Crippen MR) is 164 cm³/mol. The van der Waals surface area contributed by atoms with E-state index in [0.717, 1.165) is 39.7 Å². The van der Waals surface area contributed by atoms with Crippen LogP contribution < -0.4 is 15.0 Å². The Balaban J connectivity index is 1.21. The second-order valence-corrected chi connectivity index (χ2v) is 11.3. The predicted octanol–water partition coefficient (Wildman–Crippen LogP) is 7.29. The van der Waals surface area contributed by atoms with Crippen molar-refractivity contribution >= 4 is 34.6 Å². The molecule has 3 amide bonds. The summed E-state index contributed by atoms with van der Waals surface area (Å²) < 4.78 is 42.6. The van der Waals surface area contributed by atoms with Crippen LogP contribution in [0.2, 0.25) is 0 Å². The monoisotopic (exact) mass is 622 g/mol. The third-order valence-electron chi connectivity index (χ3n) is 6.74. The Bertz CT molecular complexity index is 1700. The molecule has 44 heavy (non-hydrogen) atoms. The third kappa shape index (κ3) is 7.46. The van der Waals surface area contributed by atoms with Crippen molar-refractivity contribution in [3.63, 3.8) is 0 Å².